The van der Waals surface area contributed by atoms with E-state index in [1.165, 1.54) is 13.5 Å². The number of benzene rings is 3. The van der Waals surface area contributed by atoms with Crippen molar-refractivity contribution in [3.63, 3.8) is 0 Å². The Bertz CT molecular complexity index is 1340. The highest BCUT2D eigenvalue weighted by molar-refractivity contribution is 7.94. The van der Waals surface area contributed by atoms with Crippen LogP contribution < -0.4 is 9.47 Å². The van der Waals surface area contributed by atoms with Crippen LogP contribution in [0.3, 0.4) is 0 Å². The summed E-state index contributed by atoms with van der Waals surface area (Å²) in [5, 5.41) is 20.4. The lowest BCUT2D eigenvalue weighted by molar-refractivity contribution is -0.160. The maximum absolute atomic E-state index is 10.2. The van der Waals surface area contributed by atoms with Gasteiger partial charge in [-0.3, -0.25) is 4.90 Å². The van der Waals surface area contributed by atoms with Crippen molar-refractivity contribution < 1.29 is 28.9 Å². The molecule has 8 heteroatoms. The molecular formula is C31H35NO6S. The van der Waals surface area contributed by atoms with Crippen molar-refractivity contribution in [2.75, 3.05) is 26.8 Å². The molecule has 1 fully saturated rings. The van der Waals surface area contributed by atoms with Crippen LogP contribution in [0.1, 0.15) is 50.0 Å². The van der Waals surface area contributed by atoms with E-state index in [1.807, 2.05) is 37.3 Å². The molecule has 7 nitrogen and oxygen atoms in total. The van der Waals surface area contributed by atoms with Gasteiger partial charge in [-0.25, -0.2) is 4.89 Å². The van der Waals surface area contributed by atoms with Gasteiger partial charge in [0.05, 0.1) is 19.2 Å². The van der Waals surface area contributed by atoms with E-state index < -0.39 is 6.10 Å². The van der Waals surface area contributed by atoms with E-state index in [1.54, 1.807) is 30.3 Å². The van der Waals surface area contributed by atoms with Gasteiger partial charge in [-0.05, 0) is 98.0 Å². The number of likely N-dealkylation sites (tertiary alicyclic amines) is 1. The lowest BCUT2D eigenvalue weighted by Gasteiger charge is -2.32. The van der Waals surface area contributed by atoms with Gasteiger partial charge in [0, 0.05) is 28.6 Å². The molecule has 0 bridgehead atoms. The number of fused-ring (bicyclic) bond motifs is 1. The topological polar surface area (TPSA) is 80.6 Å². The zero-order chi connectivity index (χ0) is 27.5. The van der Waals surface area contributed by atoms with Crippen molar-refractivity contribution in [2.45, 2.75) is 44.2 Å². The Balaban J connectivity index is 1.45. The van der Waals surface area contributed by atoms with Crippen LogP contribution in [0.5, 0.6) is 23.0 Å². The van der Waals surface area contributed by atoms with Crippen LogP contribution in [0.2, 0.25) is 0 Å². The van der Waals surface area contributed by atoms with Gasteiger partial charge in [-0.1, -0.05) is 19.1 Å². The Kier molecular flexibility index (Phi) is 8.37. The van der Waals surface area contributed by atoms with Gasteiger partial charge in [-0.2, -0.15) is 4.33 Å². The van der Waals surface area contributed by atoms with Gasteiger partial charge >= 0.3 is 0 Å². The largest absolute Gasteiger partial charge is 0.508 e. The fourth-order valence-corrected chi connectivity index (χ4v) is 5.90. The van der Waals surface area contributed by atoms with Gasteiger partial charge in [0.1, 0.15) is 35.7 Å². The van der Waals surface area contributed by atoms with E-state index in [-0.39, 0.29) is 11.5 Å². The fraction of sp³-hybridized carbons (Fsp3) is 0.355. The first-order chi connectivity index (χ1) is 18.8. The van der Waals surface area contributed by atoms with E-state index in [0.717, 1.165) is 64.6 Å². The van der Waals surface area contributed by atoms with Crippen LogP contribution in [0.15, 0.2) is 65.6 Å². The van der Waals surface area contributed by atoms with Crippen molar-refractivity contribution in [1.29, 1.82) is 0 Å². The third kappa shape index (κ3) is 6.04. The molecule has 3 aromatic carbocycles. The molecule has 5 rings (SSSR count). The van der Waals surface area contributed by atoms with Crippen LogP contribution >= 0.6 is 12.0 Å². The molecule has 39 heavy (non-hydrogen) atoms. The molecule has 3 unspecified atom stereocenters. The second kappa shape index (κ2) is 11.9. The highest BCUT2D eigenvalue weighted by Crippen LogP contribution is 2.49. The Morgan fingerprint density at radius 1 is 1.03 bits per heavy atom. The summed E-state index contributed by atoms with van der Waals surface area (Å²) >= 11 is 1.02. The zero-order valence-corrected chi connectivity index (χ0v) is 23.5. The molecule has 2 aliphatic heterocycles. The zero-order valence-electron chi connectivity index (χ0n) is 22.7. The number of rotatable bonds is 9. The molecule has 0 aliphatic carbocycles. The van der Waals surface area contributed by atoms with Crippen molar-refractivity contribution in [2.24, 2.45) is 5.92 Å². The molecule has 0 amide bonds. The van der Waals surface area contributed by atoms with Crippen molar-refractivity contribution >= 4 is 23.2 Å². The number of hydrogen-bond acceptors (Lipinski definition) is 8. The van der Waals surface area contributed by atoms with Gasteiger partial charge < -0.3 is 19.7 Å². The summed E-state index contributed by atoms with van der Waals surface area (Å²) in [4.78, 5) is 7.98. The highest BCUT2D eigenvalue weighted by Gasteiger charge is 2.31. The third-order valence-corrected chi connectivity index (χ3v) is 8.20. The molecule has 0 saturated carbocycles. The minimum absolute atomic E-state index is 0.115. The fourth-order valence-electron chi connectivity index (χ4n) is 5.32. The second-order valence-corrected chi connectivity index (χ2v) is 11.1. The van der Waals surface area contributed by atoms with Crippen molar-refractivity contribution in [1.82, 2.24) is 4.90 Å². The van der Waals surface area contributed by atoms with E-state index in [0.29, 0.717) is 23.3 Å². The van der Waals surface area contributed by atoms with Crippen LogP contribution in [-0.4, -0.2) is 48.0 Å². The highest BCUT2D eigenvalue weighted by atomic mass is 32.2. The maximum atomic E-state index is 10.2. The molecule has 0 aromatic heterocycles. The molecule has 1 saturated heterocycles. The van der Waals surface area contributed by atoms with Crippen molar-refractivity contribution in [3.8, 4) is 23.0 Å². The summed E-state index contributed by atoms with van der Waals surface area (Å²) in [6, 6.07) is 18.6. The SMILES string of the molecule is COOSc1cc(O)ccc1C1=C(C)c2cc(O)ccc2OC1c1ccc(OCC(C)N2CCC(C)C2)cc1. The van der Waals surface area contributed by atoms with Crippen LogP contribution in [-0.2, 0) is 9.22 Å². The molecule has 2 aliphatic rings. The molecule has 206 valence electrons. The number of ether oxygens (including phenoxy) is 2. The number of hydrogen-bond donors (Lipinski definition) is 2. The van der Waals surface area contributed by atoms with Gasteiger partial charge in [0.25, 0.3) is 0 Å². The molecule has 0 radical (unpaired) electrons. The summed E-state index contributed by atoms with van der Waals surface area (Å²) in [5.41, 5.74) is 4.45. The quantitative estimate of drug-likeness (QED) is 0.170. The minimum Gasteiger partial charge on any atom is -0.508 e. The predicted octanol–water partition coefficient (Wildman–Crippen LogP) is 6.86. The monoisotopic (exact) mass is 549 g/mol. The number of allylic oxidation sites excluding steroid dienone is 1. The Labute approximate surface area is 234 Å². The summed E-state index contributed by atoms with van der Waals surface area (Å²) in [5.74, 6) is 2.53. The van der Waals surface area contributed by atoms with Crippen LogP contribution in [0.4, 0.5) is 0 Å². The maximum Gasteiger partial charge on any atom is 0.150 e. The first-order valence-corrected chi connectivity index (χ1v) is 14.0. The predicted molar refractivity (Wildman–Crippen MR) is 153 cm³/mol. The van der Waals surface area contributed by atoms with E-state index in [2.05, 4.69) is 18.7 Å². The normalized spacial score (nSPS) is 20.0. The second-order valence-electron chi connectivity index (χ2n) is 10.3. The number of phenolic OH excluding ortho intramolecular Hbond substituents is 2. The van der Waals surface area contributed by atoms with E-state index in [9.17, 15) is 10.2 Å². The summed E-state index contributed by atoms with van der Waals surface area (Å²) in [7, 11) is 1.43. The van der Waals surface area contributed by atoms with Crippen molar-refractivity contribution in [3.05, 3.63) is 77.4 Å². The molecular weight excluding hydrogens is 514 g/mol. The van der Waals surface area contributed by atoms with Gasteiger partial charge in [-0.15, -0.1) is 0 Å². The Hall–Kier alpha value is -3.17. The molecule has 0 spiro atoms. The summed E-state index contributed by atoms with van der Waals surface area (Å²) < 4.78 is 17.9. The molecule has 3 aromatic rings. The molecule has 2 N–H and O–H groups in total. The van der Waals surface area contributed by atoms with E-state index >= 15 is 0 Å². The smallest absolute Gasteiger partial charge is 0.150 e. The minimum atomic E-state index is -0.437. The summed E-state index contributed by atoms with van der Waals surface area (Å²) in [6.07, 6.45) is 0.810. The summed E-state index contributed by atoms with van der Waals surface area (Å²) in [6.45, 7) is 9.43. The lowest BCUT2D eigenvalue weighted by atomic mass is 9.86. The van der Waals surface area contributed by atoms with E-state index in [4.69, 9.17) is 18.7 Å². The number of phenols is 2. The average molecular weight is 550 g/mol. The number of nitrogens with zero attached hydrogens (tertiary/aromatic N) is 1. The van der Waals surface area contributed by atoms with Gasteiger partial charge in [0.15, 0.2) is 0 Å². The molecule has 2 heterocycles. The van der Waals surface area contributed by atoms with Crippen LogP contribution in [0, 0.1) is 5.92 Å². The van der Waals surface area contributed by atoms with Gasteiger partial charge in [0.2, 0.25) is 0 Å². The Morgan fingerprint density at radius 2 is 1.77 bits per heavy atom. The average Bonchev–Trinajstić information content (AvgIpc) is 3.38. The van der Waals surface area contributed by atoms with Crippen LogP contribution in [0.25, 0.3) is 11.1 Å². The third-order valence-electron chi connectivity index (χ3n) is 7.48. The standard InChI is InChI=1S/C31H35NO6S/c1-19-13-14-32(17-19)20(2)18-36-25-9-5-22(6-10-25)31-30(21(3)27-15-23(33)8-12-28(27)37-31)26-11-7-24(34)16-29(26)39-38-35-4/h5-12,15-16,19-20,31,33-34H,13-14,17-18H2,1-4H3. The molecule has 3 atom stereocenters. The number of aromatic hydroxyl groups is 2. The lowest BCUT2D eigenvalue weighted by Crippen LogP contribution is -2.35. The Morgan fingerprint density at radius 3 is 2.49 bits per heavy atom. The first kappa shape index (κ1) is 27.4. The first-order valence-electron chi connectivity index (χ1n) is 13.2.